The Hall–Kier alpha value is -2.14. The number of piperidine rings is 1. The summed E-state index contributed by atoms with van der Waals surface area (Å²) in [5.74, 6) is -2.45. The number of carboxylic acid groups (broad SMARTS) is 1. The van der Waals surface area contributed by atoms with Gasteiger partial charge >= 0.3 is 12.1 Å². The van der Waals surface area contributed by atoms with E-state index in [-0.39, 0.29) is 11.4 Å². The van der Waals surface area contributed by atoms with E-state index < -0.39 is 12.1 Å². The summed E-state index contributed by atoms with van der Waals surface area (Å²) in [6.45, 7) is 4.39. The van der Waals surface area contributed by atoms with Crippen LogP contribution in [0.3, 0.4) is 0 Å². The Morgan fingerprint density at radius 2 is 1.96 bits per heavy atom. The molecular weight excluding hydrogens is 383 g/mol. The molecule has 1 amide bonds. The van der Waals surface area contributed by atoms with Crippen molar-refractivity contribution in [1.29, 1.82) is 0 Å². The van der Waals surface area contributed by atoms with Gasteiger partial charge in [0.05, 0.1) is 12.8 Å². The van der Waals surface area contributed by atoms with Crippen molar-refractivity contribution in [3.8, 4) is 0 Å². The number of carboxylic acids is 1. The molecule has 0 radical (unpaired) electrons. The molecule has 2 aliphatic heterocycles. The van der Waals surface area contributed by atoms with Gasteiger partial charge in [0.25, 0.3) is 5.91 Å². The average Bonchev–Trinajstić information content (AvgIpc) is 3.30. The van der Waals surface area contributed by atoms with Gasteiger partial charge < -0.3 is 19.3 Å². The second-order valence-corrected chi connectivity index (χ2v) is 6.82. The molecule has 1 N–H and O–H groups in total. The third-order valence-corrected chi connectivity index (χ3v) is 5.04. The molecule has 0 aromatic carbocycles. The standard InChI is InChI=1S/C15H23N3O3.C2HF3O2/c1-20-11-10-18-9-3-6-15(18)5-2-8-17(12-15)14(19)13-4-7-16-21-13;3-2(4,5)1(6)7/h4,7H,2-3,5-6,8-12H2,1H3;(H,6,7). The Morgan fingerprint density at radius 3 is 2.50 bits per heavy atom. The fourth-order valence-corrected chi connectivity index (χ4v) is 3.77. The molecule has 2 aliphatic rings. The Balaban J connectivity index is 0.000000345. The average molecular weight is 407 g/mol. The van der Waals surface area contributed by atoms with Gasteiger partial charge in [0.15, 0.2) is 0 Å². The zero-order valence-electron chi connectivity index (χ0n) is 15.6. The molecule has 28 heavy (non-hydrogen) atoms. The van der Waals surface area contributed by atoms with E-state index >= 15 is 0 Å². The monoisotopic (exact) mass is 407 g/mol. The van der Waals surface area contributed by atoms with Gasteiger partial charge in [-0.2, -0.15) is 13.2 Å². The topological polar surface area (TPSA) is 96.1 Å². The highest BCUT2D eigenvalue weighted by Crippen LogP contribution is 2.37. The summed E-state index contributed by atoms with van der Waals surface area (Å²) in [4.78, 5) is 25.8. The minimum atomic E-state index is -5.08. The van der Waals surface area contributed by atoms with Crippen LogP contribution < -0.4 is 0 Å². The number of hydrogen-bond acceptors (Lipinski definition) is 6. The molecule has 0 saturated carbocycles. The van der Waals surface area contributed by atoms with Gasteiger partial charge in [0.1, 0.15) is 0 Å². The highest BCUT2D eigenvalue weighted by atomic mass is 19.4. The minimum absolute atomic E-state index is 0.0369. The largest absolute Gasteiger partial charge is 0.490 e. The second kappa shape index (κ2) is 9.37. The Bertz CT molecular complexity index is 653. The second-order valence-electron chi connectivity index (χ2n) is 6.82. The number of hydrogen-bond donors (Lipinski definition) is 1. The predicted molar refractivity (Wildman–Crippen MR) is 90.7 cm³/mol. The van der Waals surface area contributed by atoms with Crippen LogP contribution >= 0.6 is 0 Å². The van der Waals surface area contributed by atoms with Crippen molar-refractivity contribution in [2.75, 3.05) is 39.9 Å². The van der Waals surface area contributed by atoms with E-state index in [9.17, 15) is 18.0 Å². The van der Waals surface area contributed by atoms with E-state index in [1.54, 1.807) is 13.2 Å². The molecule has 1 spiro atoms. The van der Waals surface area contributed by atoms with Crippen LogP contribution in [0.5, 0.6) is 0 Å². The van der Waals surface area contributed by atoms with Crippen molar-refractivity contribution in [2.24, 2.45) is 0 Å². The van der Waals surface area contributed by atoms with E-state index in [0.29, 0.717) is 5.76 Å². The van der Waals surface area contributed by atoms with Gasteiger partial charge in [-0.05, 0) is 32.2 Å². The molecule has 2 saturated heterocycles. The Labute approximate surface area is 160 Å². The van der Waals surface area contributed by atoms with E-state index in [1.165, 1.54) is 12.6 Å². The van der Waals surface area contributed by atoms with Crippen LogP contribution in [0.25, 0.3) is 0 Å². The third kappa shape index (κ3) is 5.44. The first-order valence-electron chi connectivity index (χ1n) is 8.94. The van der Waals surface area contributed by atoms with Crippen LogP contribution in [-0.4, -0.2) is 83.6 Å². The first-order valence-corrected chi connectivity index (χ1v) is 8.94. The van der Waals surface area contributed by atoms with Gasteiger partial charge in [-0.3, -0.25) is 9.69 Å². The zero-order chi connectivity index (χ0) is 20.8. The summed E-state index contributed by atoms with van der Waals surface area (Å²) in [7, 11) is 1.74. The first kappa shape index (κ1) is 22.2. The van der Waals surface area contributed by atoms with Crippen molar-refractivity contribution in [3.05, 3.63) is 18.0 Å². The summed E-state index contributed by atoms with van der Waals surface area (Å²) >= 11 is 0. The maximum atomic E-state index is 12.5. The van der Waals surface area contributed by atoms with Gasteiger partial charge in [-0.25, -0.2) is 4.79 Å². The molecule has 158 valence electrons. The number of rotatable bonds is 4. The zero-order valence-corrected chi connectivity index (χ0v) is 15.6. The predicted octanol–water partition coefficient (Wildman–Crippen LogP) is 2.02. The van der Waals surface area contributed by atoms with Gasteiger partial charge in [0, 0.05) is 38.3 Å². The smallest absolute Gasteiger partial charge is 0.475 e. The number of likely N-dealkylation sites (tertiary alicyclic amines) is 2. The van der Waals surface area contributed by atoms with Crippen LogP contribution in [0.4, 0.5) is 13.2 Å². The number of carbonyl (C=O) groups is 2. The SMILES string of the molecule is COCCN1CCCC12CCCN(C(=O)c1ccno1)C2.O=C(O)C(F)(F)F. The molecule has 1 aromatic heterocycles. The lowest BCUT2D eigenvalue weighted by Crippen LogP contribution is -2.57. The van der Waals surface area contributed by atoms with Crippen LogP contribution in [-0.2, 0) is 9.53 Å². The molecule has 0 aliphatic carbocycles. The highest BCUT2D eigenvalue weighted by Gasteiger charge is 2.45. The number of amides is 1. The fraction of sp³-hybridized carbons (Fsp3) is 0.706. The normalized spacial score (nSPS) is 22.8. The van der Waals surface area contributed by atoms with E-state index in [2.05, 4.69) is 10.1 Å². The summed E-state index contributed by atoms with van der Waals surface area (Å²) in [6, 6.07) is 1.64. The van der Waals surface area contributed by atoms with E-state index in [4.69, 9.17) is 19.2 Å². The molecule has 1 aromatic rings. The molecule has 3 heterocycles. The van der Waals surface area contributed by atoms with Crippen molar-refractivity contribution in [3.63, 3.8) is 0 Å². The lowest BCUT2D eigenvalue weighted by atomic mass is 9.86. The summed E-state index contributed by atoms with van der Waals surface area (Å²) in [5, 5.41) is 10.8. The molecule has 8 nitrogen and oxygen atoms in total. The number of aliphatic carboxylic acids is 1. The molecular formula is C17H24F3N3O5. The van der Waals surface area contributed by atoms with Gasteiger partial charge in [-0.1, -0.05) is 5.16 Å². The minimum Gasteiger partial charge on any atom is -0.475 e. The number of alkyl halides is 3. The van der Waals surface area contributed by atoms with E-state index in [0.717, 1.165) is 52.0 Å². The first-order chi connectivity index (χ1) is 13.2. The quantitative estimate of drug-likeness (QED) is 0.816. The van der Waals surface area contributed by atoms with Crippen LogP contribution in [0.15, 0.2) is 16.8 Å². The molecule has 3 rings (SSSR count). The van der Waals surface area contributed by atoms with Crippen molar-refractivity contribution >= 4 is 11.9 Å². The molecule has 11 heteroatoms. The third-order valence-electron chi connectivity index (χ3n) is 5.04. The van der Waals surface area contributed by atoms with Gasteiger partial charge in [-0.15, -0.1) is 0 Å². The van der Waals surface area contributed by atoms with Crippen LogP contribution in [0.2, 0.25) is 0 Å². The van der Waals surface area contributed by atoms with E-state index in [1.807, 2.05) is 4.90 Å². The molecule has 1 atom stereocenters. The highest BCUT2D eigenvalue weighted by molar-refractivity contribution is 5.91. The number of methoxy groups -OCH3 is 1. The van der Waals surface area contributed by atoms with Crippen molar-refractivity contribution < 1.29 is 37.1 Å². The van der Waals surface area contributed by atoms with Crippen LogP contribution in [0.1, 0.15) is 36.2 Å². The Kier molecular flexibility index (Phi) is 7.41. The number of nitrogens with zero attached hydrogens (tertiary/aromatic N) is 3. The number of ether oxygens (including phenoxy) is 1. The lowest BCUT2D eigenvalue weighted by molar-refractivity contribution is -0.192. The van der Waals surface area contributed by atoms with Gasteiger partial charge in [0.2, 0.25) is 5.76 Å². The lowest BCUT2D eigenvalue weighted by Gasteiger charge is -2.45. The van der Waals surface area contributed by atoms with Crippen molar-refractivity contribution in [2.45, 2.75) is 37.4 Å². The number of carbonyl (C=O) groups excluding carboxylic acids is 1. The van der Waals surface area contributed by atoms with Crippen molar-refractivity contribution in [1.82, 2.24) is 15.0 Å². The molecule has 1 unspecified atom stereocenters. The molecule has 2 fully saturated rings. The number of aromatic nitrogens is 1. The summed E-state index contributed by atoms with van der Waals surface area (Å²) in [6.07, 6.45) is 1.01. The molecule has 0 bridgehead atoms. The maximum Gasteiger partial charge on any atom is 0.490 e. The Morgan fingerprint density at radius 1 is 1.32 bits per heavy atom. The summed E-state index contributed by atoms with van der Waals surface area (Å²) < 4.78 is 42.0. The maximum absolute atomic E-state index is 12.5. The fourth-order valence-electron chi connectivity index (χ4n) is 3.77. The van der Waals surface area contributed by atoms with Crippen LogP contribution in [0, 0.1) is 0 Å². The summed E-state index contributed by atoms with van der Waals surface area (Å²) in [5.41, 5.74) is 0.131. The number of halogens is 3.